The summed E-state index contributed by atoms with van der Waals surface area (Å²) in [6.07, 6.45) is 7.60. The number of nitrogens with zero attached hydrogens (tertiary/aromatic N) is 3. The number of pyridine rings is 1. The number of hydrogen-bond donors (Lipinski definition) is 3. The Hall–Kier alpha value is -3.46. The van der Waals surface area contributed by atoms with Gasteiger partial charge in [0.25, 0.3) is 11.8 Å². The number of carbonyl (C=O) groups is 3. The summed E-state index contributed by atoms with van der Waals surface area (Å²) in [6, 6.07) is 8.61. The maximum Gasteiger partial charge on any atom is 0.253 e. The highest BCUT2D eigenvalue weighted by Crippen LogP contribution is 2.38. The number of nitrogens with one attached hydrogen (secondary N) is 2. The van der Waals surface area contributed by atoms with Gasteiger partial charge in [-0.3, -0.25) is 19.3 Å². The largest absolute Gasteiger partial charge is 0.366 e. The van der Waals surface area contributed by atoms with E-state index in [1.807, 2.05) is 19.1 Å². The highest BCUT2D eigenvalue weighted by atomic mass is 16.2. The maximum atomic E-state index is 13.2. The smallest absolute Gasteiger partial charge is 0.253 e. The minimum atomic E-state index is -0.485. The number of amides is 3. The Morgan fingerprint density at radius 2 is 1.57 bits per heavy atom. The van der Waals surface area contributed by atoms with Gasteiger partial charge in [0.15, 0.2) is 0 Å². The van der Waals surface area contributed by atoms with Crippen molar-refractivity contribution in [3.8, 4) is 0 Å². The van der Waals surface area contributed by atoms with Crippen LogP contribution in [-0.2, 0) is 0 Å². The molecule has 1 aromatic heterocycles. The summed E-state index contributed by atoms with van der Waals surface area (Å²) in [5, 5.41) is 6.44. The van der Waals surface area contributed by atoms with Gasteiger partial charge in [0.2, 0.25) is 5.91 Å². The highest BCUT2D eigenvalue weighted by Gasteiger charge is 2.42. The number of aryl methyl sites for hydroxylation is 2. The van der Waals surface area contributed by atoms with Crippen molar-refractivity contribution in [3.63, 3.8) is 0 Å². The molecule has 9 nitrogen and oxygen atoms in total. The zero-order chi connectivity index (χ0) is 28.6. The number of carbonyl (C=O) groups excluding carboxylic acids is 3. The molecule has 0 aliphatic carbocycles. The number of hydrogen-bond acceptors (Lipinski definition) is 6. The van der Waals surface area contributed by atoms with Gasteiger partial charge < -0.3 is 21.3 Å². The summed E-state index contributed by atoms with van der Waals surface area (Å²) in [5.41, 5.74) is 8.53. The number of piperidine rings is 2. The summed E-state index contributed by atoms with van der Waals surface area (Å²) in [4.78, 5) is 47.2. The molecule has 4 heterocycles. The molecule has 5 rings (SSSR count). The second-order valence-corrected chi connectivity index (χ2v) is 12.1. The first kappa shape index (κ1) is 28.1. The number of primary amides is 1. The van der Waals surface area contributed by atoms with Crippen molar-refractivity contribution in [1.82, 2.24) is 20.5 Å². The van der Waals surface area contributed by atoms with Crippen molar-refractivity contribution < 1.29 is 14.4 Å². The van der Waals surface area contributed by atoms with E-state index in [4.69, 9.17) is 10.7 Å². The lowest BCUT2D eigenvalue weighted by molar-refractivity contribution is 0.0884. The van der Waals surface area contributed by atoms with Crippen molar-refractivity contribution >= 4 is 23.5 Å². The lowest BCUT2D eigenvalue weighted by Gasteiger charge is -2.40. The van der Waals surface area contributed by atoms with Crippen molar-refractivity contribution in [3.05, 3.63) is 58.3 Å². The van der Waals surface area contributed by atoms with E-state index in [0.29, 0.717) is 40.4 Å². The summed E-state index contributed by atoms with van der Waals surface area (Å²) >= 11 is 0. The van der Waals surface area contributed by atoms with Crippen LogP contribution in [-0.4, -0.2) is 70.9 Å². The lowest BCUT2D eigenvalue weighted by atomic mass is 9.95. The molecule has 2 aromatic rings. The quantitative estimate of drug-likeness (QED) is 0.490. The van der Waals surface area contributed by atoms with Gasteiger partial charge in [0.1, 0.15) is 5.82 Å². The van der Waals surface area contributed by atoms with Gasteiger partial charge >= 0.3 is 0 Å². The van der Waals surface area contributed by atoms with Gasteiger partial charge in [0.05, 0.1) is 5.56 Å². The van der Waals surface area contributed by atoms with Crippen LogP contribution in [0.5, 0.6) is 0 Å². The Morgan fingerprint density at radius 1 is 0.925 bits per heavy atom. The van der Waals surface area contributed by atoms with Crippen LogP contribution in [0.15, 0.2) is 30.5 Å². The molecule has 3 aliphatic rings. The number of nitrogens with two attached hydrogens (primary N) is 1. The van der Waals surface area contributed by atoms with Gasteiger partial charge in [-0.15, -0.1) is 0 Å². The number of anilines is 1. The molecule has 0 saturated carbocycles. The van der Waals surface area contributed by atoms with Crippen LogP contribution in [0.1, 0.15) is 94.6 Å². The average Bonchev–Trinajstić information content (AvgIpc) is 3.19. The van der Waals surface area contributed by atoms with Gasteiger partial charge in [-0.25, -0.2) is 4.98 Å². The van der Waals surface area contributed by atoms with E-state index in [-0.39, 0.29) is 23.9 Å². The van der Waals surface area contributed by atoms with Crippen molar-refractivity contribution in [2.24, 2.45) is 5.73 Å². The number of aromatic nitrogens is 1. The van der Waals surface area contributed by atoms with Crippen molar-refractivity contribution in [2.75, 3.05) is 18.0 Å². The molecule has 4 atom stereocenters. The number of benzene rings is 1. The molecule has 214 valence electrons. The molecular weight excluding hydrogens is 504 g/mol. The molecule has 3 fully saturated rings. The van der Waals surface area contributed by atoms with Gasteiger partial charge in [-0.1, -0.05) is 0 Å². The van der Waals surface area contributed by atoms with E-state index in [0.717, 1.165) is 63.0 Å². The number of rotatable bonds is 7. The van der Waals surface area contributed by atoms with E-state index < -0.39 is 5.91 Å². The molecular formula is C31H42N6O3. The monoisotopic (exact) mass is 546 g/mol. The minimum absolute atomic E-state index is 0.0616. The molecule has 40 heavy (non-hydrogen) atoms. The molecule has 9 heteroatoms. The summed E-state index contributed by atoms with van der Waals surface area (Å²) in [5.74, 6) is 0.234. The van der Waals surface area contributed by atoms with Crippen molar-refractivity contribution in [1.29, 1.82) is 0 Å². The summed E-state index contributed by atoms with van der Waals surface area (Å²) < 4.78 is 0. The predicted octanol–water partition coefficient (Wildman–Crippen LogP) is 3.33. The topological polar surface area (TPSA) is 121 Å². The Labute approximate surface area is 236 Å². The molecule has 3 aliphatic heterocycles. The zero-order valence-corrected chi connectivity index (χ0v) is 24.1. The van der Waals surface area contributed by atoms with E-state index in [1.165, 1.54) is 0 Å². The van der Waals surface area contributed by atoms with Gasteiger partial charge in [-0.2, -0.15) is 0 Å². The first-order valence-corrected chi connectivity index (χ1v) is 14.6. The van der Waals surface area contributed by atoms with Gasteiger partial charge in [0, 0.05) is 54.1 Å². The van der Waals surface area contributed by atoms with E-state index in [2.05, 4.69) is 34.3 Å². The highest BCUT2D eigenvalue weighted by molar-refractivity contribution is 5.99. The normalized spacial score (nSPS) is 24.7. The first-order valence-electron chi connectivity index (χ1n) is 14.6. The van der Waals surface area contributed by atoms with E-state index >= 15 is 0 Å². The van der Waals surface area contributed by atoms with Gasteiger partial charge in [-0.05, 0) is 108 Å². The zero-order valence-electron chi connectivity index (χ0n) is 24.1. The Bertz CT molecular complexity index is 1260. The molecule has 4 N–H and O–H groups in total. The fourth-order valence-electron chi connectivity index (χ4n) is 6.79. The second-order valence-electron chi connectivity index (χ2n) is 12.1. The average molecular weight is 547 g/mol. The standard InChI is InChI=1S/C31H42N6O3/c1-18(2)36-11-5-6-22(17-36)34-30(39)21-7-10-28(33-16-21)37-24-8-9-25(37)15-23(14-24)35-31(40)27-13-19(3)26(29(32)38)12-20(27)4/h7,10,12-13,16,18,22-25H,5-6,8-9,11,14-15,17H2,1-4H3,(H2,32,38)(H,34,39)(H,35,40)/t22-,23-,24+,25-/m0/s1. The van der Waals surface area contributed by atoms with Crippen LogP contribution in [0.2, 0.25) is 0 Å². The molecule has 0 radical (unpaired) electrons. The number of likely N-dealkylation sites (tertiary alicyclic amines) is 1. The van der Waals surface area contributed by atoms with Crippen LogP contribution in [0.25, 0.3) is 0 Å². The molecule has 2 bridgehead atoms. The first-order chi connectivity index (χ1) is 19.1. The van der Waals surface area contributed by atoms with Crippen LogP contribution in [0.4, 0.5) is 5.82 Å². The minimum Gasteiger partial charge on any atom is -0.366 e. The van der Waals surface area contributed by atoms with E-state index in [9.17, 15) is 14.4 Å². The molecule has 3 saturated heterocycles. The third-order valence-corrected chi connectivity index (χ3v) is 8.94. The Kier molecular flexibility index (Phi) is 8.12. The predicted molar refractivity (Wildman–Crippen MR) is 156 cm³/mol. The Morgan fingerprint density at radius 3 is 2.20 bits per heavy atom. The second kappa shape index (κ2) is 11.6. The van der Waals surface area contributed by atoms with Crippen LogP contribution in [0.3, 0.4) is 0 Å². The SMILES string of the molecule is Cc1cc(C(=O)N[C@H]2C[C@H]3CC[C@@H](C2)N3c2ccc(C(=O)N[C@H]3CCCN(C(C)C)C3)cn2)c(C)cc1C(N)=O. The fourth-order valence-corrected chi connectivity index (χ4v) is 6.79. The molecule has 1 aromatic carbocycles. The summed E-state index contributed by atoms with van der Waals surface area (Å²) in [7, 11) is 0. The molecule has 3 amide bonds. The maximum absolute atomic E-state index is 13.2. The molecule has 0 unspecified atom stereocenters. The Balaban J connectivity index is 1.19. The third-order valence-electron chi connectivity index (χ3n) is 8.94. The fraction of sp³-hybridized carbons (Fsp3) is 0.548. The van der Waals surface area contributed by atoms with Crippen LogP contribution in [0, 0.1) is 13.8 Å². The van der Waals surface area contributed by atoms with E-state index in [1.54, 1.807) is 25.3 Å². The van der Waals surface area contributed by atoms with Crippen LogP contribution >= 0.6 is 0 Å². The van der Waals surface area contributed by atoms with Crippen LogP contribution < -0.4 is 21.3 Å². The van der Waals surface area contributed by atoms with Crippen molar-refractivity contribution in [2.45, 2.75) is 96.4 Å². The summed E-state index contributed by atoms with van der Waals surface area (Å²) in [6.45, 7) is 10.0. The number of fused-ring (bicyclic) bond motifs is 2. The molecule has 0 spiro atoms. The lowest BCUT2D eigenvalue weighted by Crippen LogP contribution is -2.51. The third kappa shape index (κ3) is 5.84.